The van der Waals surface area contributed by atoms with Gasteiger partial charge in [0.25, 0.3) is 0 Å². The third kappa shape index (κ3) is 2.12. The van der Waals surface area contributed by atoms with E-state index in [2.05, 4.69) is 11.8 Å². The number of aliphatic hydroxyl groups excluding tert-OH is 1. The minimum atomic E-state index is -0.0741. The number of aliphatic hydroxyl groups is 1. The Morgan fingerprint density at radius 2 is 2.11 bits per heavy atom. The highest BCUT2D eigenvalue weighted by molar-refractivity contribution is 5.85. The smallest absolute Gasteiger partial charge is 0.0681 e. The molecule has 0 spiro atoms. The first kappa shape index (κ1) is 9.21. The van der Waals surface area contributed by atoms with Gasteiger partial charge in [-0.1, -0.05) is 0 Å². The predicted octanol–water partition coefficient (Wildman–Crippen LogP) is 0.493. The van der Waals surface area contributed by atoms with Crippen molar-refractivity contribution < 1.29 is 5.11 Å². The van der Waals surface area contributed by atoms with Gasteiger partial charge in [-0.3, -0.25) is 0 Å². The molecule has 0 amide bonds. The van der Waals surface area contributed by atoms with Crippen molar-refractivity contribution in [2.24, 2.45) is 0 Å². The lowest BCUT2D eigenvalue weighted by molar-refractivity contribution is 0.182. The number of β-amino-alcohol motifs (C(OH)–C–C–N with tert-alkyl or cyclic N) is 1. The van der Waals surface area contributed by atoms with Gasteiger partial charge in [-0.15, -0.1) is 12.4 Å². The maximum absolute atomic E-state index is 9.03. The Morgan fingerprint density at radius 3 is 2.22 bits per heavy atom. The van der Waals surface area contributed by atoms with E-state index in [1.54, 1.807) is 0 Å². The Hall–Kier alpha value is 0.210. The lowest BCUT2D eigenvalue weighted by Crippen LogP contribution is -2.21. The fourth-order valence-electron chi connectivity index (χ4n) is 1.16. The molecule has 1 heterocycles. The molecule has 2 unspecified atom stereocenters. The van der Waals surface area contributed by atoms with Crippen molar-refractivity contribution in [3.63, 3.8) is 0 Å². The second-order valence-electron chi connectivity index (χ2n) is 2.68. The molecule has 0 radical (unpaired) electrons. The van der Waals surface area contributed by atoms with E-state index in [4.69, 9.17) is 5.11 Å². The molecule has 1 saturated heterocycles. The third-order valence-corrected chi connectivity index (χ3v) is 1.86. The summed E-state index contributed by atoms with van der Waals surface area (Å²) < 4.78 is 0. The lowest BCUT2D eigenvalue weighted by atomic mass is 10.2. The fourth-order valence-corrected chi connectivity index (χ4v) is 1.16. The molecule has 1 aliphatic heterocycles. The molecule has 0 aliphatic carbocycles. The summed E-state index contributed by atoms with van der Waals surface area (Å²) in [5.41, 5.74) is 0. The molecule has 56 valence electrons. The minimum absolute atomic E-state index is 0. The number of likely N-dealkylation sites (tertiary alicyclic amines) is 1. The van der Waals surface area contributed by atoms with Crippen molar-refractivity contribution in [1.29, 1.82) is 0 Å². The molecule has 2 nitrogen and oxygen atoms in total. The van der Waals surface area contributed by atoms with Crippen molar-refractivity contribution in [3.05, 3.63) is 0 Å². The van der Waals surface area contributed by atoms with E-state index in [9.17, 15) is 0 Å². The number of hydrogen-bond donors (Lipinski definition) is 1. The maximum atomic E-state index is 9.03. The van der Waals surface area contributed by atoms with Crippen LogP contribution < -0.4 is 0 Å². The van der Waals surface area contributed by atoms with Crippen LogP contribution in [0.3, 0.4) is 0 Å². The van der Waals surface area contributed by atoms with Gasteiger partial charge in [-0.25, -0.2) is 0 Å². The van der Waals surface area contributed by atoms with Crippen LogP contribution in [-0.4, -0.2) is 35.7 Å². The van der Waals surface area contributed by atoms with E-state index in [1.165, 1.54) is 0 Å². The average molecular weight is 152 g/mol. The van der Waals surface area contributed by atoms with Crippen LogP contribution in [0.25, 0.3) is 0 Å². The monoisotopic (exact) mass is 151 g/mol. The summed E-state index contributed by atoms with van der Waals surface area (Å²) in [5, 5.41) is 9.03. The molecule has 0 aromatic rings. The minimum Gasteiger partial charge on any atom is -0.392 e. The zero-order valence-corrected chi connectivity index (χ0v) is 6.69. The number of nitrogens with zero attached hydrogens (tertiary/aromatic N) is 1. The predicted molar refractivity (Wildman–Crippen MR) is 40.0 cm³/mol. The molecule has 0 aromatic carbocycles. The van der Waals surface area contributed by atoms with Crippen molar-refractivity contribution >= 4 is 12.4 Å². The summed E-state index contributed by atoms with van der Waals surface area (Å²) in [4.78, 5) is 2.17. The Bertz CT molecular complexity index is 79.1. The quantitative estimate of drug-likeness (QED) is 0.545. The third-order valence-electron chi connectivity index (χ3n) is 1.86. The lowest BCUT2D eigenvalue weighted by Gasteiger charge is -2.11. The fraction of sp³-hybridized carbons (Fsp3) is 1.00. The van der Waals surface area contributed by atoms with E-state index >= 15 is 0 Å². The van der Waals surface area contributed by atoms with Crippen LogP contribution in [0, 0.1) is 0 Å². The van der Waals surface area contributed by atoms with E-state index in [0.29, 0.717) is 6.04 Å². The van der Waals surface area contributed by atoms with Crippen LogP contribution in [0.5, 0.6) is 0 Å². The first-order valence-electron chi connectivity index (χ1n) is 3.08. The van der Waals surface area contributed by atoms with Gasteiger partial charge in [0.15, 0.2) is 0 Å². The zero-order valence-electron chi connectivity index (χ0n) is 5.87. The second kappa shape index (κ2) is 3.40. The van der Waals surface area contributed by atoms with Crippen LogP contribution in [0.15, 0.2) is 0 Å². The van der Waals surface area contributed by atoms with Gasteiger partial charge >= 0.3 is 0 Å². The van der Waals surface area contributed by atoms with Crippen molar-refractivity contribution in [2.45, 2.75) is 25.5 Å². The molecule has 1 N–H and O–H groups in total. The van der Waals surface area contributed by atoms with E-state index in [1.807, 2.05) is 7.05 Å². The highest BCUT2D eigenvalue weighted by Gasteiger charge is 2.23. The molecule has 0 aromatic heterocycles. The van der Waals surface area contributed by atoms with Crippen molar-refractivity contribution in [3.8, 4) is 0 Å². The van der Waals surface area contributed by atoms with Gasteiger partial charge in [-0.2, -0.15) is 0 Å². The molecular formula is C6H14ClNO. The van der Waals surface area contributed by atoms with Crippen molar-refractivity contribution in [1.82, 2.24) is 4.90 Å². The molecule has 0 saturated carbocycles. The second-order valence-corrected chi connectivity index (χ2v) is 2.68. The van der Waals surface area contributed by atoms with Gasteiger partial charge < -0.3 is 10.0 Å². The molecule has 2 atom stereocenters. The average Bonchev–Trinajstić information content (AvgIpc) is 1.85. The van der Waals surface area contributed by atoms with Gasteiger partial charge in [0.2, 0.25) is 0 Å². The summed E-state index contributed by atoms with van der Waals surface area (Å²) in [6.07, 6.45) is 0.867. The summed E-state index contributed by atoms with van der Waals surface area (Å²) >= 11 is 0. The summed E-state index contributed by atoms with van der Waals surface area (Å²) in [7, 11) is 2.04. The summed E-state index contributed by atoms with van der Waals surface area (Å²) in [6, 6.07) is 0.574. The molecule has 1 fully saturated rings. The molecule has 3 heteroatoms. The number of hydrogen-bond acceptors (Lipinski definition) is 2. The molecule has 0 bridgehead atoms. The first-order chi connectivity index (χ1) is 3.70. The standard InChI is InChI=1S/C6H13NO.ClH/c1-5-3-6(8)4-7(5)2;/h5-6,8H,3-4H2,1-2H3;1H. The Balaban J connectivity index is 0.000000640. The van der Waals surface area contributed by atoms with Crippen molar-refractivity contribution in [2.75, 3.05) is 13.6 Å². The van der Waals surface area contributed by atoms with E-state index in [-0.39, 0.29) is 18.5 Å². The van der Waals surface area contributed by atoms with Crippen LogP contribution in [0.2, 0.25) is 0 Å². The van der Waals surface area contributed by atoms with Crippen LogP contribution >= 0.6 is 12.4 Å². The molecule has 9 heavy (non-hydrogen) atoms. The number of halogens is 1. The molecular weight excluding hydrogens is 138 g/mol. The first-order valence-corrected chi connectivity index (χ1v) is 3.08. The number of rotatable bonds is 0. The Morgan fingerprint density at radius 1 is 1.56 bits per heavy atom. The number of likely N-dealkylation sites (N-methyl/N-ethyl adjacent to an activating group) is 1. The molecule has 1 rings (SSSR count). The van der Waals surface area contributed by atoms with Gasteiger partial charge in [0.1, 0.15) is 0 Å². The SMILES string of the molecule is CC1CC(O)CN1C.Cl. The van der Waals surface area contributed by atoms with E-state index < -0.39 is 0 Å². The Kier molecular flexibility index (Phi) is 3.48. The van der Waals surface area contributed by atoms with Crippen LogP contribution in [-0.2, 0) is 0 Å². The normalized spacial score (nSPS) is 36.3. The van der Waals surface area contributed by atoms with Crippen LogP contribution in [0.4, 0.5) is 0 Å². The van der Waals surface area contributed by atoms with Gasteiger partial charge in [-0.05, 0) is 20.4 Å². The Labute approximate surface area is 62.3 Å². The topological polar surface area (TPSA) is 23.5 Å². The maximum Gasteiger partial charge on any atom is 0.0681 e. The summed E-state index contributed by atoms with van der Waals surface area (Å²) in [6.45, 7) is 2.98. The van der Waals surface area contributed by atoms with Gasteiger partial charge in [0.05, 0.1) is 6.10 Å². The zero-order chi connectivity index (χ0) is 6.15. The van der Waals surface area contributed by atoms with Gasteiger partial charge in [0, 0.05) is 12.6 Å². The van der Waals surface area contributed by atoms with Crippen LogP contribution in [0.1, 0.15) is 13.3 Å². The van der Waals surface area contributed by atoms with E-state index in [0.717, 1.165) is 13.0 Å². The molecule has 1 aliphatic rings. The highest BCUT2D eigenvalue weighted by atomic mass is 35.5. The largest absolute Gasteiger partial charge is 0.392 e. The highest BCUT2D eigenvalue weighted by Crippen LogP contribution is 2.13. The summed E-state index contributed by atoms with van der Waals surface area (Å²) in [5.74, 6) is 0.